The van der Waals surface area contributed by atoms with Gasteiger partial charge in [0.1, 0.15) is 17.3 Å². The molecular weight excluding hydrogens is 524 g/mol. The molecule has 0 spiro atoms. The van der Waals surface area contributed by atoms with Gasteiger partial charge < -0.3 is 15.5 Å². The summed E-state index contributed by atoms with van der Waals surface area (Å²) in [5.41, 5.74) is 0. The van der Waals surface area contributed by atoms with Crippen molar-refractivity contribution >= 4 is 40.7 Å². The van der Waals surface area contributed by atoms with Crippen LogP contribution in [0.3, 0.4) is 0 Å². The van der Waals surface area contributed by atoms with Crippen LogP contribution in [0.15, 0.2) is 42.3 Å². The number of amides is 3. The molecule has 1 unspecified atom stereocenters. The van der Waals surface area contributed by atoms with Gasteiger partial charge in [-0.2, -0.15) is 4.98 Å². The predicted molar refractivity (Wildman–Crippen MR) is 148 cm³/mol. The third-order valence-electron chi connectivity index (χ3n) is 7.10. The highest BCUT2D eigenvalue weighted by molar-refractivity contribution is 7.09. The summed E-state index contributed by atoms with van der Waals surface area (Å²) >= 11 is 8.00. The lowest BCUT2D eigenvalue weighted by Crippen LogP contribution is -2.55. The molecule has 12 heteroatoms. The molecule has 38 heavy (non-hydrogen) atoms. The van der Waals surface area contributed by atoms with E-state index >= 15 is 0 Å². The van der Waals surface area contributed by atoms with Crippen molar-refractivity contribution in [2.24, 2.45) is 0 Å². The van der Waals surface area contributed by atoms with E-state index in [1.165, 1.54) is 11.3 Å². The molecule has 0 aromatic carbocycles. The molecule has 1 aliphatic carbocycles. The number of nitrogens with zero attached hydrogens (tertiary/aromatic N) is 6. The normalized spacial score (nSPS) is 18.3. The van der Waals surface area contributed by atoms with Crippen molar-refractivity contribution < 1.29 is 9.59 Å². The van der Waals surface area contributed by atoms with E-state index in [-0.39, 0.29) is 30.4 Å². The number of carbonyl (C=O) groups is 2. The highest BCUT2D eigenvalue weighted by atomic mass is 35.5. The first-order valence-electron chi connectivity index (χ1n) is 13.2. The lowest BCUT2D eigenvalue weighted by Gasteiger charge is -2.38. The van der Waals surface area contributed by atoms with Gasteiger partial charge in [-0.05, 0) is 30.7 Å². The fraction of sp³-hybridized carbons (Fsp3) is 0.500. The topological polar surface area (TPSA) is 108 Å². The molecule has 3 amide bonds. The molecule has 2 aliphatic rings. The van der Waals surface area contributed by atoms with Crippen LogP contribution >= 0.6 is 22.9 Å². The van der Waals surface area contributed by atoms with E-state index < -0.39 is 0 Å². The molecule has 10 nitrogen and oxygen atoms in total. The van der Waals surface area contributed by atoms with Gasteiger partial charge in [-0.1, -0.05) is 36.9 Å². The summed E-state index contributed by atoms with van der Waals surface area (Å²) in [6.07, 6.45) is 11.2. The van der Waals surface area contributed by atoms with Gasteiger partial charge in [0.15, 0.2) is 0 Å². The first kappa shape index (κ1) is 26.6. The molecule has 3 aromatic rings. The van der Waals surface area contributed by atoms with Gasteiger partial charge in [0, 0.05) is 62.0 Å². The molecule has 5 rings (SSSR count). The summed E-state index contributed by atoms with van der Waals surface area (Å²) in [6, 6.07) is 5.40. The Morgan fingerprint density at radius 2 is 2.11 bits per heavy atom. The van der Waals surface area contributed by atoms with Gasteiger partial charge in [-0.3, -0.25) is 14.3 Å². The van der Waals surface area contributed by atoms with Gasteiger partial charge in [0.05, 0.1) is 6.04 Å². The Labute approximate surface area is 231 Å². The molecular formula is C26H33ClN8O2S. The summed E-state index contributed by atoms with van der Waals surface area (Å²) in [4.78, 5) is 44.8. The number of hydrogen-bond donors (Lipinski definition) is 2. The minimum atomic E-state index is -0.291. The first-order valence-corrected chi connectivity index (χ1v) is 14.5. The number of urea groups is 1. The molecule has 202 valence electrons. The van der Waals surface area contributed by atoms with Crippen LogP contribution in [-0.2, 0) is 11.2 Å². The summed E-state index contributed by atoms with van der Waals surface area (Å²) < 4.78 is 1.69. The fourth-order valence-electron chi connectivity index (χ4n) is 5.11. The third-order valence-corrected chi connectivity index (χ3v) is 8.23. The van der Waals surface area contributed by atoms with Crippen molar-refractivity contribution in [3.05, 3.63) is 52.3 Å². The van der Waals surface area contributed by atoms with Gasteiger partial charge in [-0.15, -0.1) is 11.3 Å². The summed E-state index contributed by atoms with van der Waals surface area (Å²) in [6.45, 7) is 2.34. The lowest BCUT2D eigenvalue weighted by atomic mass is 9.96. The van der Waals surface area contributed by atoms with Crippen LogP contribution in [0.5, 0.6) is 0 Å². The molecule has 1 saturated carbocycles. The van der Waals surface area contributed by atoms with Crippen molar-refractivity contribution in [3.8, 4) is 5.95 Å². The van der Waals surface area contributed by atoms with Crippen LogP contribution in [0, 0.1) is 0 Å². The number of thiophene rings is 1. The number of imide groups is 1. The van der Waals surface area contributed by atoms with Crippen molar-refractivity contribution in [3.63, 3.8) is 0 Å². The minimum absolute atomic E-state index is 0.130. The number of nitrogens with one attached hydrogen (secondary N) is 2. The van der Waals surface area contributed by atoms with Gasteiger partial charge in [0.25, 0.3) is 0 Å². The van der Waals surface area contributed by atoms with Crippen molar-refractivity contribution in [1.82, 2.24) is 35.1 Å². The summed E-state index contributed by atoms with van der Waals surface area (Å²) in [7, 11) is 0. The van der Waals surface area contributed by atoms with E-state index in [4.69, 9.17) is 16.6 Å². The average Bonchev–Trinajstić information content (AvgIpc) is 3.64. The number of halogens is 1. The second-order valence-corrected chi connectivity index (χ2v) is 11.2. The molecule has 2 fully saturated rings. The monoisotopic (exact) mass is 556 g/mol. The van der Waals surface area contributed by atoms with Crippen LogP contribution in [0.1, 0.15) is 43.4 Å². The number of hydrogen-bond acceptors (Lipinski definition) is 8. The van der Waals surface area contributed by atoms with E-state index in [1.54, 1.807) is 40.7 Å². The molecule has 1 aliphatic heterocycles. The number of rotatable bonds is 8. The van der Waals surface area contributed by atoms with Crippen LogP contribution in [0.2, 0.25) is 5.15 Å². The zero-order chi connectivity index (χ0) is 26.3. The number of carbonyl (C=O) groups excluding carboxylic acids is 2. The Morgan fingerprint density at radius 1 is 1.24 bits per heavy atom. The van der Waals surface area contributed by atoms with E-state index in [9.17, 15) is 9.59 Å². The van der Waals surface area contributed by atoms with Crippen LogP contribution in [-0.4, -0.2) is 74.6 Å². The molecule has 1 atom stereocenters. The van der Waals surface area contributed by atoms with Gasteiger partial charge in [-0.25, -0.2) is 14.8 Å². The van der Waals surface area contributed by atoms with Gasteiger partial charge >= 0.3 is 6.03 Å². The maximum atomic E-state index is 13.7. The lowest BCUT2D eigenvalue weighted by molar-refractivity contribution is -0.128. The Kier molecular flexibility index (Phi) is 8.87. The Hall–Kier alpha value is -3.02. The zero-order valence-electron chi connectivity index (χ0n) is 21.3. The SMILES string of the molecule is O=C(CC1CNCCN1c1cc(Cl)nc(-n2ccnc2)n1)N(CCc1cccs1)C(=O)NC1CCCCC1. The van der Waals surface area contributed by atoms with Crippen LogP contribution in [0.4, 0.5) is 10.6 Å². The van der Waals surface area contributed by atoms with E-state index in [2.05, 4.69) is 25.5 Å². The molecule has 1 saturated heterocycles. The van der Waals surface area contributed by atoms with Crippen molar-refractivity contribution in [2.75, 3.05) is 31.1 Å². The Bertz CT molecular complexity index is 1200. The van der Waals surface area contributed by atoms with Crippen LogP contribution in [0.25, 0.3) is 5.95 Å². The van der Waals surface area contributed by atoms with Crippen molar-refractivity contribution in [1.29, 1.82) is 0 Å². The second kappa shape index (κ2) is 12.7. The zero-order valence-corrected chi connectivity index (χ0v) is 22.8. The third kappa shape index (κ3) is 6.69. The standard InChI is InChI=1S/C26H33ClN8O2S/c27-22-16-23(32-25(31-22)33-12-9-29-18-33)34-13-10-28-17-20(34)15-24(36)35(11-8-21-7-4-14-38-21)26(37)30-19-5-2-1-3-6-19/h4,7,9,12,14,16,18-20,28H,1-3,5-6,8,10-11,13,15,17H2,(H,30,37). The molecule has 2 N–H and O–H groups in total. The molecule has 0 radical (unpaired) electrons. The van der Waals surface area contributed by atoms with Gasteiger partial charge in [0.2, 0.25) is 11.9 Å². The largest absolute Gasteiger partial charge is 0.350 e. The summed E-state index contributed by atoms with van der Waals surface area (Å²) in [5.74, 6) is 0.867. The fourth-order valence-corrected chi connectivity index (χ4v) is 5.98. The maximum absolute atomic E-state index is 13.7. The van der Waals surface area contributed by atoms with E-state index in [1.807, 2.05) is 17.5 Å². The quantitative estimate of drug-likeness (QED) is 0.408. The highest BCUT2D eigenvalue weighted by Crippen LogP contribution is 2.23. The minimum Gasteiger partial charge on any atom is -0.350 e. The number of imidazole rings is 1. The average molecular weight is 557 g/mol. The predicted octanol–water partition coefficient (Wildman–Crippen LogP) is 3.66. The first-order chi connectivity index (χ1) is 18.6. The number of piperazine rings is 1. The smallest absolute Gasteiger partial charge is 0.324 e. The number of anilines is 1. The Morgan fingerprint density at radius 3 is 2.87 bits per heavy atom. The van der Waals surface area contributed by atoms with E-state index in [0.717, 1.165) is 37.1 Å². The van der Waals surface area contributed by atoms with Crippen LogP contribution < -0.4 is 15.5 Å². The Balaban J connectivity index is 1.32. The molecule has 3 aromatic heterocycles. The number of aromatic nitrogens is 4. The summed E-state index contributed by atoms with van der Waals surface area (Å²) in [5, 5.41) is 8.84. The van der Waals surface area contributed by atoms with Crippen molar-refractivity contribution in [2.45, 2.75) is 57.0 Å². The maximum Gasteiger partial charge on any atom is 0.324 e. The highest BCUT2D eigenvalue weighted by Gasteiger charge is 2.31. The second-order valence-electron chi connectivity index (χ2n) is 9.73. The van der Waals surface area contributed by atoms with E-state index in [0.29, 0.717) is 43.0 Å². The molecule has 4 heterocycles. The molecule has 0 bridgehead atoms.